The Bertz CT molecular complexity index is 289. The van der Waals surface area contributed by atoms with E-state index in [2.05, 4.69) is 39.0 Å². The number of hydrogen-bond acceptors (Lipinski definition) is 1. The molecule has 2 N–H and O–H groups in total. The first-order chi connectivity index (χ1) is 6.59. The Balaban J connectivity index is 2.53. The van der Waals surface area contributed by atoms with Gasteiger partial charge < -0.3 is 5.73 Å². The molecule has 0 radical (unpaired) electrons. The monoisotopic (exact) mass is 191 g/mol. The van der Waals surface area contributed by atoms with Gasteiger partial charge in [-0.1, -0.05) is 23.8 Å². The highest BCUT2D eigenvalue weighted by molar-refractivity contribution is 5.30. The number of benzene rings is 1. The molecule has 1 unspecified atom stereocenters. The Kier molecular flexibility index (Phi) is 4.15. The predicted molar refractivity (Wildman–Crippen MR) is 62.5 cm³/mol. The molecule has 1 atom stereocenters. The van der Waals surface area contributed by atoms with Gasteiger partial charge in [0.05, 0.1) is 0 Å². The topological polar surface area (TPSA) is 26.0 Å². The highest BCUT2D eigenvalue weighted by Crippen LogP contribution is 2.13. The molecule has 14 heavy (non-hydrogen) atoms. The molecule has 0 saturated carbocycles. The molecule has 0 spiro atoms. The lowest BCUT2D eigenvalue weighted by atomic mass is 9.99. The van der Waals surface area contributed by atoms with E-state index in [4.69, 9.17) is 5.73 Å². The predicted octanol–water partition coefficient (Wildman–Crippen LogP) is 2.97. The second-order valence-corrected chi connectivity index (χ2v) is 4.30. The number of rotatable bonds is 4. The number of aryl methyl sites for hydroxylation is 3. The molecule has 1 aromatic rings. The fourth-order valence-electron chi connectivity index (χ4n) is 1.68. The molecule has 1 rings (SSSR count). The van der Waals surface area contributed by atoms with Gasteiger partial charge >= 0.3 is 0 Å². The molecule has 0 fully saturated rings. The maximum atomic E-state index is 5.72. The van der Waals surface area contributed by atoms with Gasteiger partial charge in [0, 0.05) is 6.04 Å². The molecule has 1 heteroatoms. The van der Waals surface area contributed by atoms with Crippen molar-refractivity contribution in [2.24, 2.45) is 5.73 Å². The fourth-order valence-corrected chi connectivity index (χ4v) is 1.68. The van der Waals surface area contributed by atoms with Crippen molar-refractivity contribution >= 4 is 0 Å². The van der Waals surface area contributed by atoms with Gasteiger partial charge in [-0.2, -0.15) is 0 Å². The largest absolute Gasteiger partial charge is 0.328 e. The van der Waals surface area contributed by atoms with Crippen LogP contribution < -0.4 is 5.73 Å². The third-order valence-corrected chi connectivity index (χ3v) is 2.61. The summed E-state index contributed by atoms with van der Waals surface area (Å²) in [6.45, 7) is 6.40. The average Bonchev–Trinajstić information content (AvgIpc) is 2.10. The van der Waals surface area contributed by atoms with Crippen LogP contribution in [0, 0.1) is 13.8 Å². The molecular weight excluding hydrogens is 170 g/mol. The van der Waals surface area contributed by atoms with Crippen LogP contribution in [-0.2, 0) is 6.42 Å². The first-order valence-electron chi connectivity index (χ1n) is 5.41. The summed E-state index contributed by atoms with van der Waals surface area (Å²) < 4.78 is 0. The normalized spacial score (nSPS) is 12.9. The Hall–Kier alpha value is -0.820. The van der Waals surface area contributed by atoms with Crippen LogP contribution in [-0.4, -0.2) is 6.04 Å². The molecular formula is C13H21N. The van der Waals surface area contributed by atoms with Crippen LogP contribution in [0.2, 0.25) is 0 Å². The molecule has 0 amide bonds. The van der Waals surface area contributed by atoms with Crippen molar-refractivity contribution < 1.29 is 0 Å². The van der Waals surface area contributed by atoms with E-state index in [1.54, 1.807) is 0 Å². The van der Waals surface area contributed by atoms with E-state index < -0.39 is 0 Å². The van der Waals surface area contributed by atoms with Crippen LogP contribution in [0.25, 0.3) is 0 Å². The minimum absolute atomic E-state index is 0.333. The van der Waals surface area contributed by atoms with Gasteiger partial charge in [-0.25, -0.2) is 0 Å². The standard InChI is InChI=1S/C13H21N/c1-10-7-8-11(2)13(9-10)6-4-5-12(3)14/h7-9,12H,4-6,14H2,1-3H3. The van der Waals surface area contributed by atoms with Gasteiger partial charge in [0.25, 0.3) is 0 Å². The zero-order valence-electron chi connectivity index (χ0n) is 9.51. The second kappa shape index (κ2) is 5.16. The van der Waals surface area contributed by atoms with E-state index in [0.717, 1.165) is 12.8 Å². The van der Waals surface area contributed by atoms with Crippen molar-refractivity contribution in [1.29, 1.82) is 0 Å². The minimum Gasteiger partial charge on any atom is -0.328 e. The van der Waals surface area contributed by atoms with Crippen molar-refractivity contribution in [3.8, 4) is 0 Å². The van der Waals surface area contributed by atoms with E-state index >= 15 is 0 Å². The highest BCUT2D eigenvalue weighted by atomic mass is 14.6. The van der Waals surface area contributed by atoms with Gasteiger partial charge in [0.15, 0.2) is 0 Å². The lowest BCUT2D eigenvalue weighted by Gasteiger charge is -2.08. The fraction of sp³-hybridized carbons (Fsp3) is 0.538. The Labute approximate surface area is 87.3 Å². The summed E-state index contributed by atoms with van der Waals surface area (Å²) in [5.74, 6) is 0. The minimum atomic E-state index is 0.333. The van der Waals surface area contributed by atoms with Crippen molar-refractivity contribution in [2.45, 2.75) is 46.1 Å². The quantitative estimate of drug-likeness (QED) is 0.778. The molecule has 78 valence electrons. The summed E-state index contributed by atoms with van der Waals surface area (Å²) in [7, 11) is 0. The smallest absolute Gasteiger partial charge is 0.00105 e. The van der Waals surface area contributed by atoms with Gasteiger partial charge in [-0.15, -0.1) is 0 Å². The maximum absolute atomic E-state index is 5.72. The summed E-state index contributed by atoms with van der Waals surface area (Å²) >= 11 is 0. The third-order valence-electron chi connectivity index (χ3n) is 2.61. The summed E-state index contributed by atoms with van der Waals surface area (Å²) in [6, 6.07) is 7.00. The first-order valence-corrected chi connectivity index (χ1v) is 5.41. The Morgan fingerprint density at radius 2 is 2.00 bits per heavy atom. The third kappa shape index (κ3) is 3.51. The van der Waals surface area contributed by atoms with Gasteiger partial charge in [-0.05, 0) is 51.2 Å². The molecule has 0 aliphatic heterocycles. The zero-order chi connectivity index (χ0) is 10.6. The van der Waals surface area contributed by atoms with E-state index in [0.29, 0.717) is 6.04 Å². The zero-order valence-corrected chi connectivity index (χ0v) is 9.51. The van der Waals surface area contributed by atoms with E-state index in [1.807, 2.05) is 0 Å². The summed E-state index contributed by atoms with van der Waals surface area (Å²) in [5.41, 5.74) is 9.96. The lowest BCUT2D eigenvalue weighted by molar-refractivity contribution is 0.623. The molecule has 0 heterocycles. The van der Waals surface area contributed by atoms with Gasteiger partial charge in [0.1, 0.15) is 0 Å². The Morgan fingerprint density at radius 3 is 2.64 bits per heavy atom. The summed E-state index contributed by atoms with van der Waals surface area (Å²) in [6.07, 6.45) is 3.48. The van der Waals surface area contributed by atoms with E-state index in [9.17, 15) is 0 Å². The summed E-state index contributed by atoms with van der Waals surface area (Å²) in [5, 5.41) is 0. The molecule has 1 aromatic carbocycles. The lowest BCUT2D eigenvalue weighted by Crippen LogP contribution is -2.14. The van der Waals surface area contributed by atoms with Crippen LogP contribution in [0.15, 0.2) is 18.2 Å². The second-order valence-electron chi connectivity index (χ2n) is 4.30. The van der Waals surface area contributed by atoms with Crippen LogP contribution in [0.1, 0.15) is 36.5 Å². The number of nitrogens with two attached hydrogens (primary N) is 1. The van der Waals surface area contributed by atoms with E-state index in [-0.39, 0.29) is 0 Å². The van der Waals surface area contributed by atoms with Gasteiger partial charge in [0.2, 0.25) is 0 Å². The van der Waals surface area contributed by atoms with Crippen molar-refractivity contribution in [1.82, 2.24) is 0 Å². The average molecular weight is 191 g/mol. The highest BCUT2D eigenvalue weighted by Gasteiger charge is 2.00. The van der Waals surface area contributed by atoms with Gasteiger partial charge in [-0.3, -0.25) is 0 Å². The van der Waals surface area contributed by atoms with E-state index in [1.165, 1.54) is 23.1 Å². The van der Waals surface area contributed by atoms with Crippen molar-refractivity contribution in [3.05, 3.63) is 34.9 Å². The van der Waals surface area contributed by atoms with Crippen LogP contribution >= 0.6 is 0 Å². The SMILES string of the molecule is Cc1ccc(C)c(CCCC(C)N)c1. The van der Waals surface area contributed by atoms with Crippen LogP contribution in [0.4, 0.5) is 0 Å². The maximum Gasteiger partial charge on any atom is 0.00105 e. The molecule has 1 nitrogen and oxygen atoms in total. The molecule has 0 aliphatic rings. The van der Waals surface area contributed by atoms with Crippen molar-refractivity contribution in [3.63, 3.8) is 0 Å². The molecule has 0 bridgehead atoms. The number of hydrogen-bond donors (Lipinski definition) is 1. The molecule has 0 aromatic heterocycles. The molecule has 0 saturated heterocycles. The van der Waals surface area contributed by atoms with Crippen LogP contribution in [0.3, 0.4) is 0 Å². The Morgan fingerprint density at radius 1 is 1.29 bits per heavy atom. The van der Waals surface area contributed by atoms with Crippen LogP contribution in [0.5, 0.6) is 0 Å². The van der Waals surface area contributed by atoms with Crippen molar-refractivity contribution in [2.75, 3.05) is 0 Å². The first kappa shape index (κ1) is 11.3. The summed E-state index contributed by atoms with van der Waals surface area (Å²) in [4.78, 5) is 0. The molecule has 0 aliphatic carbocycles.